The van der Waals surface area contributed by atoms with Crippen molar-refractivity contribution in [2.75, 3.05) is 0 Å². The molecule has 6 radical (unpaired) electrons. The van der Waals surface area contributed by atoms with E-state index in [-0.39, 0.29) is 58.4 Å². The zero-order chi connectivity index (χ0) is 15.3. The first-order chi connectivity index (χ1) is 10.2. The maximum absolute atomic E-state index is 5.52. The van der Waals surface area contributed by atoms with E-state index in [0.29, 0.717) is 0 Å². The van der Waals surface area contributed by atoms with Gasteiger partial charge in [0, 0.05) is 58.8 Å². The summed E-state index contributed by atoms with van der Waals surface area (Å²) < 4.78 is 0. The minimum Gasteiger partial charge on any atom is -1.00 e. The number of halogens is 5. The molecule has 126 valence electrons. The molecule has 0 fully saturated rings. The molecule has 0 N–H and O–H groups in total. The summed E-state index contributed by atoms with van der Waals surface area (Å²) in [7, 11) is 0. The molecule has 3 rings (SSSR count). The Labute approximate surface area is 197 Å². The molecule has 0 saturated carbocycles. The third-order valence-corrected chi connectivity index (χ3v) is 2.79. The van der Waals surface area contributed by atoms with Crippen LogP contribution in [0.3, 0.4) is 0 Å². The third-order valence-electron chi connectivity index (χ3n) is 2.03. The van der Waals surface area contributed by atoms with Crippen molar-refractivity contribution in [3.8, 4) is 0 Å². The second-order valence-corrected chi connectivity index (χ2v) is 4.96. The molecule has 0 nitrogen and oxygen atoms in total. The van der Waals surface area contributed by atoms with Gasteiger partial charge in [-0.2, -0.15) is 0 Å². The SMILES string of the molecule is ClC1=CC=C=C[CH]1.ClC1=CC=C=C[CH]1.ClC1=CC=C=C[CH]1.[Br-].[Br-].[Sb]. The van der Waals surface area contributed by atoms with Crippen molar-refractivity contribution in [2.45, 2.75) is 0 Å². The average Bonchev–Trinajstić information content (AvgIpc) is 2.51. The minimum atomic E-state index is 0. The summed E-state index contributed by atoms with van der Waals surface area (Å²) in [5, 5.41) is 2.29. The van der Waals surface area contributed by atoms with E-state index in [0.717, 1.165) is 15.1 Å². The standard InChI is InChI=1S/3C6H4Cl.2BrH.Sb/c3*7-6-4-2-1-3-5-6;;;/h3*2-5H;2*1H;/p-2. The van der Waals surface area contributed by atoms with E-state index in [4.69, 9.17) is 34.8 Å². The molecule has 0 saturated heterocycles. The summed E-state index contributed by atoms with van der Waals surface area (Å²) in [4.78, 5) is 0. The molecular formula is C18H12Br2Cl3Sb-2. The van der Waals surface area contributed by atoms with Crippen LogP contribution in [-0.2, 0) is 0 Å². The Kier molecular flexibility index (Phi) is 24.0. The first-order valence-corrected chi connectivity index (χ1v) is 7.16. The largest absolute Gasteiger partial charge is 1.00 e. The Balaban J connectivity index is -0.000000259. The topological polar surface area (TPSA) is 0 Å². The molecule has 0 heterocycles. The quantitative estimate of drug-likeness (QED) is 0.260. The van der Waals surface area contributed by atoms with Gasteiger partial charge >= 0.3 is 0 Å². The Morgan fingerprint density at radius 2 is 0.750 bits per heavy atom. The van der Waals surface area contributed by atoms with Crippen molar-refractivity contribution < 1.29 is 34.0 Å². The van der Waals surface area contributed by atoms with Crippen LogP contribution in [0.1, 0.15) is 0 Å². The third kappa shape index (κ3) is 17.3. The van der Waals surface area contributed by atoms with Gasteiger partial charge in [0.15, 0.2) is 0 Å². The molecule has 0 unspecified atom stereocenters. The van der Waals surface area contributed by atoms with Crippen LogP contribution in [0.5, 0.6) is 0 Å². The fraction of sp³-hybridized carbons (Fsp3) is 0. The van der Waals surface area contributed by atoms with Crippen molar-refractivity contribution in [3.05, 3.63) is 106 Å². The van der Waals surface area contributed by atoms with Gasteiger partial charge in [-0.1, -0.05) is 34.8 Å². The molecule has 0 spiro atoms. The zero-order valence-electron chi connectivity index (χ0n) is 12.3. The molecule has 0 aliphatic heterocycles. The molecule has 0 aromatic rings. The van der Waals surface area contributed by atoms with Crippen molar-refractivity contribution in [1.82, 2.24) is 0 Å². The fourth-order valence-electron chi connectivity index (χ4n) is 1.10. The summed E-state index contributed by atoms with van der Waals surface area (Å²) in [6.07, 6.45) is 21.4. The van der Waals surface area contributed by atoms with Gasteiger partial charge in [-0.25, -0.2) is 0 Å². The molecule has 0 aromatic heterocycles. The molecule has 0 amide bonds. The molecule has 0 bridgehead atoms. The first-order valence-electron chi connectivity index (χ1n) is 6.03. The van der Waals surface area contributed by atoms with E-state index in [1.54, 1.807) is 73.9 Å². The van der Waals surface area contributed by atoms with Crippen LogP contribution in [-0.4, -0.2) is 24.4 Å². The molecule has 0 atom stereocenters. The second kappa shape index (κ2) is 19.7. The Bertz CT molecular complexity index is 549. The van der Waals surface area contributed by atoms with Gasteiger partial charge in [-0.3, -0.25) is 0 Å². The van der Waals surface area contributed by atoms with Gasteiger partial charge in [0.2, 0.25) is 0 Å². The van der Waals surface area contributed by atoms with Crippen LogP contribution >= 0.6 is 34.8 Å². The van der Waals surface area contributed by atoms with Gasteiger partial charge in [0.1, 0.15) is 0 Å². The molecule has 3 aliphatic rings. The van der Waals surface area contributed by atoms with Gasteiger partial charge < -0.3 is 34.0 Å². The van der Waals surface area contributed by atoms with Crippen molar-refractivity contribution >= 4 is 59.2 Å². The van der Waals surface area contributed by atoms with Gasteiger partial charge in [0.05, 0.1) is 0 Å². The van der Waals surface area contributed by atoms with Crippen molar-refractivity contribution in [2.24, 2.45) is 0 Å². The van der Waals surface area contributed by atoms with E-state index in [9.17, 15) is 0 Å². The molecule has 0 aromatic carbocycles. The number of hydrogen-bond donors (Lipinski definition) is 0. The van der Waals surface area contributed by atoms with Crippen LogP contribution in [0.15, 0.2) is 87.0 Å². The van der Waals surface area contributed by atoms with E-state index in [1.807, 2.05) is 0 Å². The smallest absolute Gasteiger partial charge is 0.0320 e. The van der Waals surface area contributed by atoms with Gasteiger partial charge in [-0.05, 0) is 54.7 Å². The summed E-state index contributed by atoms with van der Waals surface area (Å²) >= 11 is 16.6. The van der Waals surface area contributed by atoms with Crippen molar-refractivity contribution in [3.63, 3.8) is 0 Å². The predicted molar refractivity (Wildman–Crippen MR) is 98.4 cm³/mol. The van der Waals surface area contributed by atoms with Crippen LogP contribution in [0.4, 0.5) is 0 Å². The fourth-order valence-corrected chi connectivity index (χ4v) is 1.48. The van der Waals surface area contributed by atoms with Crippen LogP contribution in [0.25, 0.3) is 0 Å². The monoisotopic (exact) mass is 612 g/mol. The van der Waals surface area contributed by atoms with E-state index >= 15 is 0 Å². The maximum Gasteiger partial charge on any atom is 0.0320 e. The minimum absolute atomic E-state index is 0. The average molecular weight is 616 g/mol. The molecular weight excluding hydrogens is 604 g/mol. The number of allylic oxidation sites excluding steroid dienone is 9. The van der Waals surface area contributed by atoms with E-state index in [1.165, 1.54) is 0 Å². The van der Waals surface area contributed by atoms with E-state index in [2.05, 4.69) is 17.2 Å². The normalized spacial score (nSPS) is 14.9. The van der Waals surface area contributed by atoms with E-state index < -0.39 is 0 Å². The van der Waals surface area contributed by atoms with Crippen molar-refractivity contribution in [1.29, 1.82) is 0 Å². The van der Waals surface area contributed by atoms with Crippen LogP contribution in [0, 0.1) is 19.3 Å². The number of rotatable bonds is 0. The number of hydrogen-bond acceptors (Lipinski definition) is 0. The Morgan fingerprint density at radius 3 is 0.833 bits per heavy atom. The molecule has 24 heavy (non-hydrogen) atoms. The predicted octanol–water partition coefficient (Wildman–Crippen LogP) is -0.258. The Hall–Kier alpha value is 0.428. The summed E-state index contributed by atoms with van der Waals surface area (Å²) in [6, 6.07) is 0. The van der Waals surface area contributed by atoms with Gasteiger partial charge in [-0.15, -0.1) is 17.2 Å². The summed E-state index contributed by atoms with van der Waals surface area (Å²) in [5.41, 5.74) is 8.55. The van der Waals surface area contributed by atoms with Crippen LogP contribution in [0.2, 0.25) is 0 Å². The summed E-state index contributed by atoms with van der Waals surface area (Å²) in [6.45, 7) is 0. The first kappa shape index (κ1) is 29.2. The maximum atomic E-state index is 5.52. The molecule has 3 aliphatic carbocycles. The second-order valence-electron chi connectivity index (χ2n) is 3.65. The zero-order valence-corrected chi connectivity index (χ0v) is 20.3. The summed E-state index contributed by atoms with van der Waals surface area (Å²) in [5.74, 6) is 0. The Morgan fingerprint density at radius 1 is 0.500 bits per heavy atom. The van der Waals surface area contributed by atoms with Crippen LogP contribution < -0.4 is 34.0 Å². The molecule has 6 heteroatoms. The van der Waals surface area contributed by atoms with Gasteiger partial charge in [0.25, 0.3) is 0 Å².